The number of hydrogen-bond acceptors (Lipinski definition) is 6. The van der Waals surface area contributed by atoms with Crippen molar-refractivity contribution < 1.29 is 9.53 Å². The summed E-state index contributed by atoms with van der Waals surface area (Å²) in [6.07, 6.45) is 0. The molecular weight excluding hydrogens is 288 g/mol. The quantitative estimate of drug-likeness (QED) is 0.900. The summed E-state index contributed by atoms with van der Waals surface area (Å²) in [4.78, 5) is 22.0. The van der Waals surface area contributed by atoms with Crippen molar-refractivity contribution in [3.05, 3.63) is 10.6 Å². The highest BCUT2D eigenvalue weighted by Crippen LogP contribution is 2.26. The van der Waals surface area contributed by atoms with Crippen molar-refractivity contribution in [2.75, 3.05) is 51.3 Å². The Hall–Kier alpha value is -1.18. The van der Waals surface area contributed by atoms with Gasteiger partial charge in [0.1, 0.15) is 4.88 Å². The van der Waals surface area contributed by atoms with Crippen LogP contribution in [0, 0.1) is 6.92 Å². The molecule has 2 aliphatic heterocycles. The number of nitrogens with zero attached hydrogens (tertiary/aromatic N) is 3. The van der Waals surface area contributed by atoms with Crippen molar-refractivity contribution in [3.63, 3.8) is 0 Å². The molecule has 1 amide bonds. The number of hydrogen-bond donors (Lipinski definition) is 1. The lowest BCUT2D eigenvalue weighted by Crippen LogP contribution is -2.62. The number of thiazole rings is 1. The SMILES string of the molecule is CCNc1nc(C)c(C(=O)N2CC(N3CCOCC3)C2)s1. The van der Waals surface area contributed by atoms with E-state index < -0.39 is 0 Å². The average molecular weight is 310 g/mol. The maximum Gasteiger partial charge on any atom is 0.266 e. The number of rotatable bonds is 4. The number of nitrogens with one attached hydrogen (secondary N) is 1. The van der Waals surface area contributed by atoms with Gasteiger partial charge in [-0.25, -0.2) is 4.98 Å². The Morgan fingerprint density at radius 2 is 2.14 bits per heavy atom. The molecule has 0 saturated carbocycles. The van der Waals surface area contributed by atoms with Crippen LogP contribution in [0.5, 0.6) is 0 Å². The summed E-state index contributed by atoms with van der Waals surface area (Å²) < 4.78 is 5.37. The summed E-state index contributed by atoms with van der Waals surface area (Å²) in [5.74, 6) is 0.124. The van der Waals surface area contributed by atoms with E-state index in [0.29, 0.717) is 6.04 Å². The van der Waals surface area contributed by atoms with Gasteiger partial charge in [-0.2, -0.15) is 0 Å². The van der Waals surface area contributed by atoms with Gasteiger partial charge in [-0.1, -0.05) is 11.3 Å². The van der Waals surface area contributed by atoms with E-state index in [9.17, 15) is 4.79 Å². The zero-order valence-corrected chi connectivity index (χ0v) is 13.4. The molecule has 3 rings (SSSR count). The fraction of sp³-hybridized carbons (Fsp3) is 0.714. The predicted octanol–water partition coefficient (Wildman–Crippen LogP) is 1.04. The Labute approximate surface area is 129 Å². The first-order valence-electron chi connectivity index (χ1n) is 7.51. The van der Waals surface area contributed by atoms with Gasteiger partial charge in [0.25, 0.3) is 5.91 Å². The van der Waals surface area contributed by atoms with Crippen LogP contribution >= 0.6 is 11.3 Å². The number of carbonyl (C=O) groups excluding carboxylic acids is 1. The zero-order chi connectivity index (χ0) is 14.8. The van der Waals surface area contributed by atoms with Crippen LogP contribution < -0.4 is 5.32 Å². The number of amides is 1. The first-order valence-corrected chi connectivity index (χ1v) is 8.33. The van der Waals surface area contributed by atoms with E-state index in [4.69, 9.17) is 4.74 Å². The van der Waals surface area contributed by atoms with Gasteiger partial charge < -0.3 is 15.0 Å². The van der Waals surface area contributed by atoms with Crippen LogP contribution in [0.2, 0.25) is 0 Å². The van der Waals surface area contributed by atoms with Crippen molar-refractivity contribution in [2.24, 2.45) is 0 Å². The third-order valence-corrected chi connectivity index (χ3v) is 5.13. The summed E-state index contributed by atoms with van der Waals surface area (Å²) in [5, 5.41) is 4.01. The molecule has 0 radical (unpaired) electrons. The summed E-state index contributed by atoms with van der Waals surface area (Å²) in [5.41, 5.74) is 0.829. The molecular formula is C14H22N4O2S. The standard InChI is InChI=1S/C14H22N4O2S/c1-3-15-14-16-10(2)12(21-14)13(19)18-8-11(9-18)17-4-6-20-7-5-17/h11H,3-9H2,1-2H3,(H,15,16). The van der Waals surface area contributed by atoms with Crippen LogP contribution in [-0.4, -0.2) is 72.7 Å². The molecule has 1 N–H and O–H groups in total. The van der Waals surface area contributed by atoms with Crippen LogP contribution in [0.4, 0.5) is 5.13 Å². The number of aryl methyl sites for hydroxylation is 1. The molecule has 1 aromatic heterocycles. The number of likely N-dealkylation sites (tertiary alicyclic amines) is 1. The Bertz CT molecular complexity index is 507. The predicted molar refractivity (Wildman–Crippen MR) is 83.1 cm³/mol. The minimum Gasteiger partial charge on any atom is -0.379 e. The number of anilines is 1. The molecule has 116 valence electrons. The summed E-state index contributed by atoms with van der Waals surface area (Å²) in [6, 6.07) is 0.499. The van der Waals surface area contributed by atoms with Gasteiger partial charge in [-0.15, -0.1) is 0 Å². The molecule has 0 atom stereocenters. The first kappa shape index (κ1) is 14.7. The molecule has 2 fully saturated rings. The fourth-order valence-corrected chi connectivity index (χ4v) is 3.76. The van der Waals surface area contributed by atoms with Crippen LogP contribution in [0.25, 0.3) is 0 Å². The average Bonchev–Trinajstić information content (AvgIpc) is 2.79. The molecule has 7 heteroatoms. The van der Waals surface area contributed by atoms with Crippen molar-refractivity contribution in [1.29, 1.82) is 0 Å². The summed E-state index contributed by atoms with van der Waals surface area (Å²) in [7, 11) is 0. The third-order valence-electron chi connectivity index (χ3n) is 4.03. The molecule has 2 aliphatic rings. The number of carbonyl (C=O) groups is 1. The van der Waals surface area contributed by atoms with Crippen LogP contribution in [0.3, 0.4) is 0 Å². The minimum absolute atomic E-state index is 0.124. The maximum atomic E-state index is 12.5. The molecule has 2 saturated heterocycles. The first-order chi connectivity index (χ1) is 10.2. The zero-order valence-electron chi connectivity index (χ0n) is 12.6. The van der Waals surface area contributed by atoms with Crippen LogP contribution in [0.15, 0.2) is 0 Å². The van der Waals surface area contributed by atoms with E-state index in [1.807, 2.05) is 18.7 Å². The molecule has 0 aromatic carbocycles. The molecule has 1 aromatic rings. The molecule has 6 nitrogen and oxygen atoms in total. The van der Waals surface area contributed by atoms with Gasteiger partial charge in [0.15, 0.2) is 5.13 Å². The highest BCUT2D eigenvalue weighted by Gasteiger charge is 2.36. The highest BCUT2D eigenvalue weighted by molar-refractivity contribution is 7.17. The summed E-state index contributed by atoms with van der Waals surface area (Å²) >= 11 is 1.46. The molecule has 0 bridgehead atoms. The van der Waals surface area contributed by atoms with E-state index in [1.54, 1.807) is 0 Å². The summed E-state index contributed by atoms with van der Waals surface area (Å²) in [6.45, 7) is 10.00. The largest absolute Gasteiger partial charge is 0.379 e. The number of morpholine rings is 1. The van der Waals surface area contributed by atoms with E-state index in [-0.39, 0.29) is 5.91 Å². The second-order valence-electron chi connectivity index (χ2n) is 5.48. The molecule has 3 heterocycles. The van der Waals surface area contributed by atoms with Crippen LogP contribution in [0.1, 0.15) is 22.3 Å². The van der Waals surface area contributed by atoms with E-state index in [0.717, 1.165) is 61.6 Å². The number of ether oxygens (including phenoxy) is 1. The van der Waals surface area contributed by atoms with Crippen LogP contribution in [-0.2, 0) is 4.74 Å². The Balaban J connectivity index is 1.57. The highest BCUT2D eigenvalue weighted by atomic mass is 32.1. The van der Waals surface area contributed by atoms with Gasteiger partial charge in [0.05, 0.1) is 18.9 Å². The van der Waals surface area contributed by atoms with Crippen molar-refractivity contribution in [1.82, 2.24) is 14.8 Å². The lowest BCUT2D eigenvalue weighted by atomic mass is 10.1. The minimum atomic E-state index is 0.124. The van der Waals surface area contributed by atoms with E-state index >= 15 is 0 Å². The van der Waals surface area contributed by atoms with Gasteiger partial charge in [0.2, 0.25) is 0 Å². The fourth-order valence-electron chi connectivity index (χ4n) is 2.76. The van der Waals surface area contributed by atoms with Crippen molar-refractivity contribution in [2.45, 2.75) is 19.9 Å². The Kier molecular flexibility index (Phi) is 4.42. The Morgan fingerprint density at radius 1 is 1.43 bits per heavy atom. The number of aromatic nitrogens is 1. The normalized spacial score (nSPS) is 20.4. The van der Waals surface area contributed by atoms with E-state index in [1.165, 1.54) is 11.3 Å². The second kappa shape index (κ2) is 6.29. The van der Waals surface area contributed by atoms with Gasteiger partial charge >= 0.3 is 0 Å². The molecule has 0 unspecified atom stereocenters. The Morgan fingerprint density at radius 3 is 2.81 bits per heavy atom. The monoisotopic (exact) mass is 310 g/mol. The lowest BCUT2D eigenvalue weighted by molar-refractivity contribution is -0.0255. The van der Waals surface area contributed by atoms with Crippen molar-refractivity contribution in [3.8, 4) is 0 Å². The van der Waals surface area contributed by atoms with E-state index in [2.05, 4.69) is 15.2 Å². The van der Waals surface area contributed by atoms with Crippen molar-refractivity contribution >= 4 is 22.4 Å². The topological polar surface area (TPSA) is 57.7 Å². The van der Waals surface area contributed by atoms with Gasteiger partial charge in [-0.05, 0) is 13.8 Å². The molecule has 21 heavy (non-hydrogen) atoms. The van der Waals surface area contributed by atoms with Gasteiger partial charge in [-0.3, -0.25) is 9.69 Å². The smallest absolute Gasteiger partial charge is 0.266 e. The second-order valence-corrected chi connectivity index (χ2v) is 6.48. The maximum absolute atomic E-state index is 12.5. The lowest BCUT2D eigenvalue weighted by Gasteiger charge is -2.46. The third kappa shape index (κ3) is 3.04. The molecule has 0 spiro atoms. The molecule has 0 aliphatic carbocycles. The van der Waals surface area contributed by atoms with Gasteiger partial charge in [0, 0.05) is 38.8 Å².